The van der Waals surface area contributed by atoms with Gasteiger partial charge in [0.2, 0.25) is 5.91 Å². The maximum Gasteiger partial charge on any atom is 0.307 e. The van der Waals surface area contributed by atoms with Crippen LogP contribution < -0.4 is 10.2 Å². The van der Waals surface area contributed by atoms with Crippen molar-refractivity contribution in [2.75, 3.05) is 39.3 Å². The van der Waals surface area contributed by atoms with Crippen LogP contribution in [0.15, 0.2) is 40.5 Å². The molecule has 6 nitrogen and oxygen atoms in total. The number of piperazine rings is 1. The minimum Gasteiger partial charge on any atom is -0.351 e. The van der Waals surface area contributed by atoms with E-state index in [1.54, 1.807) is 0 Å². The molecule has 2 heterocycles. The highest BCUT2D eigenvalue weighted by molar-refractivity contribution is 7.07. The number of aryl methyl sites for hydroxylation is 1. The van der Waals surface area contributed by atoms with E-state index in [9.17, 15) is 9.59 Å². The number of nitrogens with zero attached hydrogens (tertiary/aromatic N) is 3. The first-order valence-corrected chi connectivity index (χ1v) is 9.90. The van der Waals surface area contributed by atoms with Crippen LogP contribution in [0.25, 0.3) is 0 Å². The lowest BCUT2D eigenvalue weighted by atomic mass is 10.2. The van der Waals surface area contributed by atoms with Crippen LogP contribution in [0, 0.1) is 6.92 Å². The molecule has 0 saturated carbocycles. The number of aromatic nitrogens is 1. The summed E-state index contributed by atoms with van der Waals surface area (Å²) in [6.45, 7) is 8.26. The van der Waals surface area contributed by atoms with Crippen LogP contribution in [0.1, 0.15) is 11.3 Å². The van der Waals surface area contributed by atoms with Crippen molar-refractivity contribution < 1.29 is 4.79 Å². The van der Waals surface area contributed by atoms with Gasteiger partial charge in [0.1, 0.15) is 0 Å². The third-order valence-corrected chi connectivity index (χ3v) is 5.66. The maximum absolute atomic E-state index is 12.1. The van der Waals surface area contributed by atoms with Gasteiger partial charge in [-0.05, 0) is 12.5 Å². The Morgan fingerprint density at radius 3 is 2.42 bits per heavy atom. The molecule has 1 aliphatic heterocycles. The zero-order valence-corrected chi connectivity index (χ0v) is 16.0. The van der Waals surface area contributed by atoms with Crippen molar-refractivity contribution in [1.29, 1.82) is 0 Å². The minimum absolute atomic E-state index is 0.0720. The quantitative estimate of drug-likeness (QED) is 0.790. The Balaban J connectivity index is 1.35. The van der Waals surface area contributed by atoms with Crippen molar-refractivity contribution in [3.05, 3.63) is 56.6 Å². The van der Waals surface area contributed by atoms with E-state index in [1.165, 1.54) is 11.3 Å². The van der Waals surface area contributed by atoms with Crippen LogP contribution >= 0.6 is 11.3 Å². The zero-order chi connectivity index (χ0) is 18.4. The van der Waals surface area contributed by atoms with Crippen molar-refractivity contribution in [3.8, 4) is 0 Å². The Morgan fingerprint density at radius 2 is 1.77 bits per heavy atom. The van der Waals surface area contributed by atoms with E-state index in [-0.39, 0.29) is 10.8 Å². The average Bonchev–Trinajstić information content (AvgIpc) is 2.98. The predicted molar refractivity (Wildman–Crippen MR) is 104 cm³/mol. The molecular weight excluding hydrogens is 348 g/mol. The molecule has 0 aliphatic carbocycles. The van der Waals surface area contributed by atoms with E-state index in [2.05, 4.69) is 15.1 Å². The highest BCUT2D eigenvalue weighted by atomic mass is 32.1. The van der Waals surface area contributed by atoms with Crippen LogP contribution in [0.5, 0.6) is 0 Å². The van der Waals surface area contributed by atoms with Gasteiger partial charge >= 0.3 is 4.87 Å². The minimum atomic E-state index is 0.0720. The number of amides is 1. The predicted octanol–water partition coefficient (Wildman–Crippen LogP) is 1.15. The third kappa shape index (κ3) is 5.27. The highest BCUT2D eigenvalue weighted by Gasteiger charge is 2.19. The molecule has 0 spiro atoms. The van der Waals surface area contributed by atoms with Gasteiger partial charge in [-0.15, -0.1) is 0 Å². The molecule has 0 bridgehead atoms. The molecule has 1 amide bonds. The molecule has 0 unspecified atom stereocenters. The number of hydrogen-bond donors (Lipinski definition) is 1. The Hall–Kier alpha value is -1.96. The molecule has 1 fully saturated rings. The van der Waals surface area contributed by atoms with Crippen LogP contribution in [-0.4, -0.2) is 59.5 Å². The molecule has 2 aromatic rings. The first-order chi connectivity index (χ1) is 12.6. The van der Waals surface area contributed by atoms with Gasteiger partial charge in [-0.1, -0.05) is 41.7 Å². The molecule has 0 radical (unpaired) electrons. The summed E-state index contributed by atoms with van der Waals surface area (Å²) < 4.78 is 1.84. The van der Waals surface area contributed by atoms with Gasteiger partial charge in [-0.25, -0.2) is 0 Å². The standard InChI is InChI=1S/C19H26N4O2S/c1-16-15-26-19(25)23(16)12-11-21-7-9-22(10-8-21)14-18(24)20-13-17-5-3-2-4-6-17/h2-6,15H,7-14H2,1H3,(H,20,24). The molecule has 0 atom stereocenters. The van der Waals surface area contributed by atoms with Crippen molar-refractivity contribution in [1.82, 2.24) is 19.7 Å². The number of hydrogen-bond acceptors (Lipinski definition) is 5. The lowest BCUT2D eigenvalue weighted by Gasteiger charge is -2.34. The number of nitrogens with one attached hydrogen (secondary N) is 1. The van der Waals surface area contributed by atoms with Gasteiger partial charge in [-0.2, -0.15) is 0 Å². The Morgan fingerprint density at radius 1 is 1.08 bits per heavy atom. The maximum atomic E-state index is 12.1. The average molecular weight is 375 g/mol. The lowest BCUT2D eigenvalue weighted by molar-refractivity contribution is -0.122. The van der Waals surface area contributed by atoms with Gasteiger partial charge in [-0.3, -0.25) is 19.4 Å². The molecule has 1 N–H and O–H groups in total. The van der Waals surface area contributed by atoms with Gasteiger partial charge in [0.15, 0.2) is 0 Å². The van der Waals surface area contributed by atoms with Gasteiger partial charge in [0.25, 0.3) is 0 Å². The van der Waals surface area contributed by atoms with Crippen molar-refractivity contribution in [3.63, 3.8) is 0 Å². The van der Waals surface area contributed by atoms with Crippen molar-refractivity contribution in [2.45, 2.75) is 20.0 Å². The summed E-state index contributed by atoms with van der Waals surface area (Å²) in [5.74, 6) is 0.0720. The molecule has 26 heavy (non-hydrogen) atoms. The van der Waals surface area contributed by atoms with E-state index in [4.69, 9.17) is 0 Å². The molecule has 1 aromatic carbocycles. The third-order valence-electron chi connectivity index (χ3n) is 4.78. The fourth-order valence-corrected chi connectivity index (χ4v) is 3.90. The molecule has 1 saturated heterocycles. The second-order valence-electron chi connectivity index (χ2n) is 6.67. The number of carbonyl (C=O) groups excluding carboxylic acids is 1. The Bertz CT molecular complexity index is 763. The summed E-state index contributed by atoms with van der Waals surface area (Å²) in [6.07, 6.45) is 0. The van der Waals surface area contributed by atoms with E-state index < -0.39 is 0 Å². The number of benzene rings is 1. The molecule has 7 heteroatoms. The number of thiazole rings is 1. The molecule has 1 aliphatic rings. The Labute approximate surface area is 158 Å². The topological polar surface area (TPSA) is 57.6 Å². The van der Waals surface area contributed by atoms with Gasteiger partial charge in [0, 0.05) is 56.9 Å². The Kier molecular flexibility index (Phi) is 6.60. The second kappa shape index (κ2) is 9.12. The fourth-order valence-electron chi connectivity index (χ4n) is 3.14. The van der Waals surface area contributed by atoms with E-state index in [0.29, 0.717) is 13.1 Å². The van der Waals surface area contributed by atoms with Gasteiger partial charge < -0.3 is 9.88 Å². The highest BCUT2D eigenvalue weighted by Crippen LogP contribution is 2.04. The molecule has 1 aromatic heterocycles. The monoisotopic (exact) mass is 374 g/mol. The molecular formula is C19H26N4O2S. The first kappa shape index (κ1) is 18.8. The number of rotatable bonds is 7. The first-order valence-electron chi connectivity index (χ1n) is 9.02. The van der Waals surface area contributed by atoms with E-state index in [1.807, 2.05) is 47.2 Å². The van der Waals surface area contributed by atoms with Gasteiger partial charge in [0.05, 0.1) is 6.54 Å². The summed E-state index contributed by atoms with van der Waals surface area (Å²) in [4.78, 5) is 28.6. The molecule has 3 rings (SSSR count). The summed E-state index contributed by atoms with van der Waals surface area (Å²) in [6, 6.07) is 9.96. The van der Waals surface area contributed by atoms with Crippen LogP contribution in [0.3, 0.4) is 0 Å². The van der Waals surface area contributed by atoms with E-state index >= 15 is 0 Å². The summed E-state index contributed by atoms with van der Waals surface area (Å²) in [5.41, 5.74) is 2.15. The van der Waals surface area contributed by atoms with E-state index in [0.717, 1.165) is 50.5 Å². The normalized spacial score (nSPS) is 15.9. The lowest BCUT2D eigenvalue weighted by Crippen LogP contribution is -2.50. The van der Waals surface area contributed by atoms with Crippen molar-refractivity contribution >= 4 is 17.2 Å². The summed E-state index contributed by atoms with van der Waals surface area (Å²) in [5, 5.41) is 4.89. The van der Waals surface area contributed by atoms with Crippen molar-refractivity contribution in [2.24, 2.45) is 0 Å². The fraction of sp³-hybridized carbons (Fsp3) is 0.474. The second-order valence-corrected chi connectivity index (χ2v) is 7.50. The SMILES string of the molecule is Cc1csc(=O)n1CCN1CCN(CC(=O)NCc2ccccc2)CC1. The molecule has 140 valence electrons. The zero-order valence-electron chi connectivity index (χ0n) is 15.2. The van der Waals surface area contributed by atoms with Crippen LogP contribution in [-0.2, 0) is 17.9 Å². The summed E-state index contributed by atoms with van der Waals surface area (Å²) >= 11 is 1.26. The van der Waals surface area contributed by atoms with Crippen LogP contribution in [0.4, 0.5) is 0 Å². The summed E-state index contributed by atoms with van der Waals surface area (Å²) in [7, 11) is 0. The van der Waals surface area contributed by atoms with Crippen LogP contribution in [0.2, 0.25) is 0 Å². The smallest absolute Gasteiger partial charge is 0.307 e. The number of carbonyl (C=O) groups is 1. The largest absolute Gasteiger partial charge is 0.351 e.